The van der Waals surface area contributed by atoms with Crippen LogP contribution in [-0.2, 0) is 10.1 Å². The van der Waals surface area contributed by atoms with Crippen LogP contribution in [0.15, 0.2) is 58.3 Å². The van der Waals surface area contributed by atoms with Crippen molar-refractivity contribution in [2.45, 2.75) is 16.2 Å². The summed E-state index contributed by atoms with van der Waals surface area (Å²) in [6, 6.07) is 16.1. The van der Waals surface area contributed by atoms with Gasteiger partial charge in [-0.2, -0.15) is 8.42 Å². The molecule has 0 bridgehead atoms. The lowest BCUT2D eigenvalue weighted by atomic mass is 10.2. The monoisotopic (exact) mass is 321 g/mol. The first kappa shape index (κ1) is 14.4. The molecule has 21 heavy (non-hydrogen) atoms. The largest absolute Gasteiger partial charge is 0.340 e. The van der Waals surface area contributed by atoms with Crippen LogP contribution in [0.2, 0.25) is 0 Å². The molecular weight excluding hydrogens is 306 g/mol. The summed E-state index contributed by atoms with van der Waals surface area (Å²) in [7, 11) is -3.91. The SMILES string of the molecule is O=S(=O)(O)CCCN1c2ccccc2Sc2ccccc21. The Balaban J connectivity index is 1.91. The zero-order chi connectivity index (χ0) is 14.9. The smallest absolute Gasteiger partial charge is 0.264 e. The van der Waals surface area contributed by atoms with Gasteiger partial charge in [-0.05, 0) is 30.7 Å². The maximum atomic E-state index is 10.9. The number of rotatable bonds is 4. The van der Waals surface area contributed by atoms with Crippen LogP contribution in [0.3, 0.4) is 0 Å². The predicted octanol–water partition coefficient (Wildman–Crippen LogP) is 3.57. The zero-order valence-corrected chi connectivity index (χ0v) is 12.9. The fourth-order valence-electron chi connectivity index (χ4n) is 2.43. The molecule has 0 atom stereocenters. The van der Waals surface area contributed by atoms with Crippen LogP contribution in [0.4, 0.5) is 11.4 Å². The molecule has 0 unspecified atom stereocenters. The lowest BCUT2D eigenvalue weighted by Gasteiger charge is -2.32. The first-order valence-electron chi connectivity index (χ1n) is 6.63. The van der Waals surface area contributed by atoms with E-state index >= 15 is 0 Å². The predicted molar refractivity (Wildman–Crippen MR) is 85.0 cm³/mol. The van der Waals surface area contributed by atoms with E-state index in [0.29, 0.717) is 13.0 Å². The van der Waals surface area contributed by atoms with E-state index in [1.54, 1.807) is 11.8 Å². The van der Waals surface area contributed by atoms with Crippen molar-refractivity contribution in [2.75, 3.05) is 17.2 Å². The summed E-state index contributed by atoms with van der Waals surface area (Å²) in [6.07, 6.45) is 0.381. The molecule has 2 aromatic carbocycles. The Morgan fingerprint density at radius 3 is 2.00 bits per heavy atom. The van der Waals surface area contributed by atoms with Gasteiger partial charge in [0.25, 0.3) is 10.1 Å². The van der Waals surface area contributed by atoms with E-state index in [-0.39, 0.29) is 5.75 Å². The molecule has 3 rings (SSSR count). The summed E-state index contributed by atoms with van der Waals surface area (Å²) in [5.74, 6) is -0.221. The second-order valence-electron chi connectivity index (χ2n) is 4.83. The van der Waals surface area contributed by atoms with Crippen molar-refractivity contribution in [3.8, 4) is 0 Å². The number of hydrogen-bond donors (Lipinski definition) is 1. The molecule has 0 radical (unpaired) electrons. The molecular formula is C15H15NO3S2. The van der Waals surface area contributed by atoms with Crippen LogP contribution >= 0.6 is 11.8 Å². The molecule has 1 aliphatic heterocycles. The van der Waals surface area contributed by atoms with E-state index in [4.69, 9.17) is 4.55 Å². The Labute approximate surface area is 128 Å². The standard InChI is InChI=1S/C15H15NO3S2/c17-21(18,19)11-5-10-16-12-6-1-3-8-14(12)20-15-9-4-2-7-13(15)16/h1-4,6-9H,5,10-11H2,(H,17,18,19). The van der Waals surface area contributed by atoms with Crippen molar-refractivity contribution < 1.29 is 13.0 Å². The van der Waals surface area contributed by atoms with E-state index in [0.717, 1.165) is 21.2 Å². The van der Waals surface area contributed by atoms with Crippen LogP contribution in [-0.4, -0.2) is 25.3 Å². The number of para-hydroxylation sites is 2. The van der Waals surface area contributed by atoms with Crippen molar-refractivity contribution in [2.24, 2.45) is 0 Å². The number of benzene rings is 2. The van der Waals surface area contributed by atoms with Crippen LogP contribution in [0.25, 0.3) is 0 Å². The van der Waals surface area contributed by atoms with E-state index in [2.05, 4.69) is 17.0 Å². The van der Waals surface area contributed by atoms with Gasteiger partial charge in [0.1, 0.15) is 0 Å². The molecule has 0 aliphatic carbocycles. The van der Waals surface area contributed by atoms with Gasteiger partial charge in [-0.1, -0.05) is 36.0 Å². The number of nitrogens with zero attached hydrogens (tertiary/aromatic N) is 1. The first-order chi connectivity index (χ1) is 10.0. The van der Waals surface area contributed by atoms with Gasteiger partial charge < -0.3 is 4.90 Å². The Hall–Kier alpha value is -1.50. The minimum atomic E-state index is -3.91. The molecule has 0 saturated carbocycles. The van der Waals surface area contributed by atoms with Gasteiger partial charge in [-0.15, -0.1) is 0 Å². The van der Waals surface area contributed by atoms with Crippen LogP contribution in [0.5, 0.6) is 0 Å². The van der Waals surface area contributed by atoms with Gasteiger partial charge in [0.2, 0.25) is 0 Å². The Morgan fingerprint density at radius 1 is 0.952 bits per heavy atom. The minimum Gasteiger partial charge on any atom is -0.340 e. The molecule has 0 amide bonds. The molecule has 0 spiro atoms. The highest BCUT2D eigenvalue weighted by atomic mass is 32.2. The second kappa shape index (κ2) is 5.71. The van der Waals surface area contributed by atoms with Crippen molar-refractivity contribution in [3.05, 3.63) is 48.5 Å². The summed E-state index contributed by atoms with van der Waals surface area (Å²) in [5.41, 5.74) is 2.16. The molecule has 1 aliphatic rings. The molecule has 2 aromatic rings. The molecule has 110 valence electrons. The van der Waals surface area contributed by atoms with Crippen molar-refractivity contribution in [3.63, 3.8) is 0 Å². The third-order valence-corrected chi connectivity index (χ3v) is 5.25. The quantitative estimate of drug-likeness (QED) is 0.873. The van der Waals surface area contributed by atoms with Crippen LogP contribution < -0.4 is 4.90 Å². The van der Waals surface area contributed by atoms with Crippen LogP contribution in [0.1, 0.15) is 6.42 Å². The highest BCUT2D eigenvalue weighted by Gasteiger charge is 2.22. The minimum absolute atomic E-state index is 0.221. The lowest BCUT2D eigenvalue weighted by Crippen LogP contribution is -2.23. The van der Waals surface area contributed by atoms with Gasteiger partial charge in [-0.25, -0.2) is 0 Å². The highest BCUT2D eigenvalue weighted by Crippen LogP contribution is 2.47. The molecule has 1 heterocycles. The number of hydrogen-bond acceptors (Lipinski definition) is 4. The van der Waals surface area contributed by atoms with E-state index in [9.17, 15) is 8.42 Å². The maximum absolute atomic E-state index is 10.9. The first-order valence-corrected chi connectivity index (χ1v) is 9.06. The fraction of sp³-hybridized carbons (Fsp3) is 0.200. The Kier molecular flexibility index (Phi) is 3.93. The zero-order valence-electron chi connectivity index (χ0n) is 11.3. The van der Waals surface area contributed by atoms with E-state index in [1.165, 1.54) is 0 Å². The Bertz CT molecular complexity index is 714. The maximum Gasteiger partial charge on any atom is 0.264 e. The molecule has 6 heteroatoms. The third-order valence-electron chi connectivity index (χ3n) is 3.32. The summed E-state index contributed by atoms with van der Waals surface area (Å²) in [6.45, 7) is 0.550. The van der Waals surface area contributed by atoms with Gasteiger partial charge >= 0.3 is 0 Å². The van der Waals surface area contributed by atoms with Gasteiger partial charge in [0, 0.05) is 16.3 Å². The van der Waals surface area contributed by atoms with Crippen molar-refractivity contribution in [1.82, 2.24) is 0 Å². The van der Waals surface area contributed by atoms with Gasteiger partial charge in [0.15, 0.2) is 0 Å². The summed E-state index contributed by atoms with van der Waals surface area (Å²) in [5, 5.41) is 0. The van der Waals surface area contributed by atoms with Gasteiger partial charge in [0.05, 0.1) is 17.1 Å². The molecule has 1 N–H and O–H groups in total. The lowest BCUT2D eigenvalue weighted by molar-refractivity contribution is 0.481. The summed E-state index contributed by atoms with van der Waals surface area (Å²) >= 11 is 1.72. The highest BCUT2D eigenvalue weighted by molar-refractivity contribution is 7.99. The van der Waals surface area contributed by atoms with Crippen molar-refractivity contribution >= 4 is 33.3 Å². The fourth-order valence-corrected chi connectivity index (χ4v) is 4.02. The summed E-state index contributed by atoms with van der Waals surface area (Å²) in [4.78, 5) is 4.43. The van der Waals surface area contributed by atoms with E-state index < -0.39 is 10.1 Å². The average Bonchev–Trinajstić information content (AvgIpc) is 2.45. The van der Waals surface area contributed by atoms with E-state index in [1.807, 2.05) is 36.4 Å². The molecule has 0 saturated heterocycles. The average molecular weight is 321 g/mol. The molecule has 4 nitrogen and oxygen atoms in total. The third kappa shape index (κ3) is 3.23. The second-order valence-corrected chi connectivity index (χ2v) is 7.48. The summed E-state index contributed by atoms with van der Waals surface area (Å²) < 4.78 is 30.7. The normalized spacial score (nSPS) is 13.7. The van der Waals surface area contributed by atoms with Gasteiger partial charge in [-0.3, -0.25) is 4.55 Å². The van der Waals surface area contributed by atoms with Crippen molar-refractivity contribution in [1.29, 1.82) is 0 Å². The Morgan fingerprint density at radius 2 is 1.48 bits per heavy atom. The molecule has 0 fully saturated rings. The van der Waals surface area contributed by atoms with Crippen LogP contribution in [0, 0.1) is 0 Å². The molecule has 0 aromatic heterocycles. The number of anilines is 2. The number of fused-ring (bicyclic) bond motifs is 2. The topological polar surface area (TPSA) is 57.6 Å².